The lowest BCUT2D eigenvalue weighted by atomic mass is 10.1. The van der Waals surface area contributed by atoms with E-state index in [-0.39, 0.29) is 0 Å². The number of amidine groups is 1. The van der Waals surface area contributed by atoms with Gasteiger partial charge >= 0.3 is 0 Å². The van der Waals surface area contributed by atoms with Gasteiger partial charge in [-0.2, -0.15) is 0 Å². The summed E-state index contributed by atoms with van der Waals surface area (Å²) in [5, 5.41) is 5.01. The average Bonchev–Trinajstić information content (AvgIpc) is 2.78. The number of thioether (sulfide) groups is 1. The zero-order chi connectivity index (χ0) is 13.7. The Bertz CT molecular complexity index is 446. The van der Waals surface area contributed by atoms with Crippen LogP contribution in [0.3, 0.4) is 0 Å². The van der Waals surface area contributed by atoms with Crippen molar-refractivity contribution >= 4 is 22.6 Å². The van der Waals surface area contributed by atoms with Gasteiger partial charge in [0, 0.05) is 5.25 Å². The van der Waals surface area contributed by atoms with Gasteiger partial charge in [-0.05, 0) is 31.4 Å². The summed E-state index contributed by atoms with van der Waals surface area (Å²) >= 11 is 1.84. The van der Waals surface area contributed by atoms with E-state index < -0.39 is 0 Å². The van der Waals surface area contributed by atoms with Crippen LogP contribution in [0, 0.1) is 5.92 Å². The van der Waals surface area contributed by atoms with E-state index in [1.54, 1.807) is 0 Å². The second-order valence-corrected chi connectivity index (χ2v) is 6.36. The van der Waals surface area contributed by atoms with Crippen LogP contribution in [0.4, 0.5) is 5.69 Å². The Morgan fingerprint density at radius 2 is 2.21 bits per heavy atom. The monoisotopic (exact) mass is 278 g/mol. The summed E-state index contributed by atoms with van der Waals surface area (Å²) in [4.78, 5) is 4.58. The molecule has 1 heterocycles. The number of rotatable bonds is 5. The Labute approximate surface area is 119 Å². The minimum atomic E-state index is 0.613. The fraction of sp³-hybridized carbons (Fsp3) is 0.533. The van der Waals surface area contributed by atoms with Gasteiger partial charge in [-0.25, -0.2) is 0 Å². The molecule has 2 rings (SSSR count). The van der Waals surface area contributed by atoms with E-state index in [2.05, 4.69) is 24.2 Å². The molecule has 1 aromatic carbocycles. The molecule has 104 valence electrons. The zero-order valence-corrected chi connectivity index (χ0v) is 12.7. The highest BCUT2D eigenvalue weighted by atomic mass is 32.2. The number of aliphatic imine (C=N–C) groups is 1. The predicted octanol–water partition coefficient (Wildman–Crippen LogP) is 4.01. The lowest BCUT2D eigenvalue weighted by Crippen LogP contribution is -2.10. The maximum atomic E-state index is 5.61. The molecule has 4 heteroatoms. The Balaban J connectivity index is 1.95. The molecule has 0 radical (unpaired) electrons. The molecule has 0 bridgehead atoms. The minimum absolute atomic E-state index is 0.613. The van der Waals surface area contributed by atoms with Crippen molar-refractivity contribution in [3.63, 3.8) is 0 Å². The van der Waals surface area contributed by atoms with Crippen LogP contribution in [0.2, 0.25) is 0 Å². The molecular weight excluding hydrogens is 256 g/mol. The molecule has 0 saturated carbocycles. The molecule has 0 saturated heterocycles. The van der Waals surface area contributed by atoms with E-state index in [1.165, 1.54) is 6.42 Å². The van der Waals surface area contributed by atoms with Gasteiger partial charge in [-0.1, -0.05) is 37.7 Å². The average molecular weight is 278 g/mol. The van der Waals surface area contributed by atoms with Crippen LogP contribution in [0.15, 0.2) is 29.3 Å². The Morgan fingerprint density at radius 3 is 2.95 bits per heavy atom. The van der Waals surface area contributed by atoms with Crippen LogP contribution in [0.25, 0.3) is 0 Å². The van der Waals surface area contributed by atoms with Crippen LogP contribution in [-0.4, -0.2) is 23.6 Å². The second kappa shape index (κ2) is 6.85. The van der Waals surface area contributed by atoms with Crippen LogP contribution in [0.1, 0.15) is 27.2 Å². The van der Waals surface area contributed by atoms with E-state index >= 15 is 0 Å². The molecule has 0 aromatic heterocycles. The zero-order valence-electron chi connectivity index (χ0n) is 11.8. The number of para-hydroxylation sites is 2. The van der Waals surface area contributed by atoms with Crippen molar-refractivity contribution in [2.24, 2.45) is 10.9 Å². The standard InChI is InChI=1S/C15H22N2OS/c1-4-18-14-8-6-5-7-13(14)17-15-16-10-12(19-15)9-11(2)3/h5-8,11-12H,4,9-10H2,1-3H3,(H,16,17). The number of nitrogens with one attached hydrogen (secondary N) is 1. The molecule has 1 aliphatic heterocycles. The number of anilines is 1. The molecule has 1 aromatic rings. The summed E-state index contributed by atoms with van der Waals surface area (Å²) in [5.74, 6) is 1.61. The first-order valence-corrected chi connectivity index (χ1v) is 7.77. The van der Waals surface area contributed by atoms with E-state index in [9.17, 15) is 0 Å². The maximum absolute atomic E-state index is 5.61. The summed E-state index contributed by atoms with van der Waals surface area (Å²) in [6, 6.07) is 8.01. The van der Waals surface area contributed by atoms with Crippen molar-refractivity contribution in [1.29, 1.82) is 0 Å². The van der Waals surface area contributed by atoms with Gasteiger partial charge in [0.15, 0.2) is 5.17 Å². The van der Waals surface area contributed by atoms with Gasteiger partial charge in [0.25, 0.3) is 0 Å². The van der Waals surface area contributed by atoms with E-state index in [0.717, 1.165) is 29.1 Å². The number of hydrogen-bond donors (Lipinski definition) is 1. The minimum Gasteiger partial charge on any atom is -0.492 e. The van der Waals surface area contributed by atoms with Crippen LogP contribution in [-0.2, 0) is 0 Å². The van der Waals surface area contributed by atoms with E-state index in [1.807, 2.05) is 43.0 Å². The second-order valence-electron chi connectivity index (χ2n) is 5.07. The van der Waals surface area contributed by atoms with Crippen LogP contribution < -0.4 is 10.1 Å². The highest BCUT2D eigenvalue weighted by Crippen LogP contribution is 2.30. The van der Waals surface area contributed by atoms with Crippen molar-refractivity contribution < 1.29 is 4.74 Å². The normalized spacial score (nSPS) is 18.5. The SMILES string of the molecule is CCOc1ccccc1NC1=NCC(CC(C)C)S1. The molecule has 1 unspecified atom stereocenters. The fourth-order valence-electron chi connectivity index (χ4n) is 2.10. The van der Waals surface area contributed by atoms with E-state index in [4.69, 9.17) is 4.74 Å². The van der Waals surface area contributed by atoms with Gasteiger partial charge in [0.05, 0.1) is 18.8 Å². The molecule has 0 amide bonds. The van der Waals surface area contributed by atoms with E-state index in [0.29, 0.717) is 11.9 Å². The largest absolute Gasteiger partial charge is 0.492 e. The Morgan fingerprint density at radius 1 is 1.42 bits per heavy atom. The molecule has 3 nitrogen and oxygen atoms in total. The third-order valence-corrected chi connectivity index (χ3v) is 4.01. The first-order chi connectivity index (χ1) is 9.19. The van der Waals surface area contributed by atoms with Crippen molar-refractivity contribution in [2.45, 2.75) is 32.4 Å². The van der Waals surface area contributed by atoms with Gasteiger partial charge in [0.2, 0.25) is 0 Å². The third kappa shape index (κ3) is 4.16. The molecule has 1 aliphatic rings. The molecule has 0 aliphatic carbocycles. The molecule has 1 atom stereocenters. The van der Waals surface area contributed by atoms with Gasteiger partial charge < -0.3 is 10.1 Å². The summed E-state index contributed by atoms with van der Waals surface area (Å²) in [6.07, 6.45) is 1.21. The lowest BCUT2D eigenvalue weighted by molar-refractivity contribution is 0.342. The molecular formula is C15H22N2OS. The number of nitrogens with zero attached hydrogens (tertiary/aromatic N) is 1. The smallest absolute Gasteiger partial charge is 0.161 e. The van der Waals surface area contributed by atoms with Crippen molar-refractivity contribution in [3.8, 4) is 5.75 Å². The van der Waals surface area contributed by atoms with Crippen LogP contribution >= 0.6 is 11.8 Å². The summed E-state index contributed by atoms with van der Waals surface area (Å²) in [6.45, 7) is 8.11. The quantitative estimate of drug-likeness (QED) is 0.883. The topological polar surface area (TPSA) is 33.6 Å². The molecule has 0 fully saturated rings. The number of benzene rings is 1. The summed E-state index contributed by atoms with van der Waals surface area (Å²) in [5.41, 5.74) is 1.00. The lowest BCUT2D eigenvalue weighted by Gasteiger charge is -2.13. The first kappa shape index (κ1) is 14.3. The number of hydrogen-bond acceptors (Lipinski definition) is 4. The van der Waals surface area contributed by atoms with Crippen molar-refractivity contribution in [2.75, 3.05) is 18.5 Å². The van der Waals surface area contributed by atoms with Gasteiger partial charge in [-0.3, -0.25) is 4.99 Å². The van der Waals surface area contributed by atoms with Gasteiger partial charge in [-0.15, -0.1) is 0 Å². The van der Waals surface area contributed by atoms with Crippen molar-refractivity contribution in [3.05, 3.63) is 24.3 Å². The predicted molar refractivity (Wildman–Crippen MR) is 84.4 cm³/mol. The van der Waals surface area contributed by atoms with Crippen LogP contribution in [0.5, 0.6) is 5.75 Å². The third-order valence-electron chi connectivity index (χ3n) is 2.88. The summed E-state index contributed by atoms with van der Waals surface area (Å²) in [7, 11) is 0. The molecule has 1 N–H and O–H groups in total. The molecule has 0 spiro atoms. The first-order valence-electron chi connectivity index (χ1n) is 6.89. The fourth-order valence-corrected chi connectivity index (χ4v) is 3.36. The number of ether oxygens (including phenoxy) is 1. The van der Waals surface area contributed by atoms with Gasteiger partial charge in [0.1, 0.15) is 5.75 Å². The molecule has 19 heavy (non-hydrogen) atoms. The maximum Gasteiger partial charge on any atom is 0.161 e. The summed E-state index contributed by atoms with van der Waals surface area (Å²) < 4.78 is 5.61. The highest BCUT2D eigenvalue weighted by Gasteiger charge is 2.21. The Kier molecular flexibility index (Phi) is 5.14. The van der Waals surface area contributed by atoms with Crippen molar-refractivity contribution in [1.82, 2.24) is 0 Å². The Hall–Kier alpha value is -1.16. The highest BCUT2D eigenvalue weighted by molar-refractivity contribution is 8.15.